The average Bonchev–Trinajstić information content (AvgIpc) is 2.99. The van der Waals surface area contributed by atoms with Crippen molar-refractivity contribution < 1.29 is 13.2 Å². The van der Waals surface area contributed by atoms with Gasteiger partial charge in [-0.1, -0.05) is 41.4 Å². The normalized spacial score (nSPS) is 11.6. The van der Waals surface area contributed by atoms with Crippen LogP contribution in [0.3, 0.4) is 0 Å². The molecule has 0 spiro atoms. The highest BCUT2D eigenvalue weighted by molar-refractivity contribution is 7.89. The largest absolute Gasteiger partial charge is 0.360 e. The highest BCUT2D eigenvalue weighted by Crippen LogP contribution is 2.24. The maximum Gasteiger partial charge on any atom is 0.268 e. The molecule has 0 unspecified atom stereocenters. The van der Waals surface area contributed by atoms with Crippen LogP contribution in [0.15, 0.2) is 53.6 Å². The molecule has 0 saturated heterocycles. The van der Waals surface area contributed by atoms with Gasteiger partial charge < -0.3 is 4.98 Å². The van der Waals surface area contributed by atoms with Gasteiger partial charge in [0, 0.05) is 22.1 Å². The monoisotopic (exact) mass is 383 g/mol. The number of rotatable bonds is 4. The van der Waals surface area contributed by atoms with Gasteiger partial charge in [0.25, 0.3) is 15.9 Å². The number of H-pyrrole nitrogens is 1. The van der Waals surface area contributed by atoms with E-state index in [4.69, 9.17) is 23.2 Å². The van der Waals surface area contributed by atoms with Crippen LogP contribution in [0.1, 0.15) is 10.4 Å². The number of sulfonamides is 1. The molecule has 0 radical (unpaired) electrons. The zero-order chi connectivity index (χ0) is 17.3. The summed E-state index contributed by atoms with van der Waals surface area (Å²) in [5.41, 5.74) is 3.24. The van der Waals surface area contributed by atoms with Crippen LogP contribution in [0, 0.1) is 0 Å². The van der Waals surface area contributed by atoms with Crippen LogP contribution in [0.2, 0.25) is 10.0 Å². The lowest BCUT2D eigenvalue weighted by molar-refractivity contribution is 0.0947. The summed E-state index contributed by atoms with van der Waals surface area (Å²) < 4.78 is 24.5. The summed E-state index contributed by atoms with van der Waals surface area (Å²) >= 11 is 11.7. The topological polar surface area (TPSA) is 91.1 Å². The minimum atomic E-state index is -4.06. The molecule has 0 aliphatic carbocycles. The van der Waals surface area contributed by atoms with Crippen molar-refractivity contribution in [3.8, 4) is 0 Å². The Hall–Kier alpha value is -2.06. The van der Waals surface area contributed by atoms with Crippen LogP contribution in [0.25, 0.3) is 10.9 Å². The summed E-state index contributed by atoms with van der Waals surface area (Å²) in [4.78, 5) is 17.0. The van der Waals surface area contributed by atoms with E-state index in [9.17, 15) is 13.2 Å². The summed E-state index contributed by atoms with van der Waals surface area (Å²) in [7, 11) is -4.06. The zero-order valence-electron chi connectivity index (χ0n) is 12.0. The Morgan fingerprint density at radius 3 is 2.62 bits per heavy atom. The van der Waals surface area contributed by atoms with Gasteiger partial charge in [-0.05, 0) is 24.3 Å². The third-order valence-corrected chi connectivity index (χ3v) is 5.28. The molecule has 0 aliphatic rings. The summed E-state index contributed by atoms with van der Waals surface area (Å²) in [5.74, 6) is -0.603. The van der Waals surface area contributed by atoms with Gasteiger partial charge in [-0.15, -0.1) is 4.83 Å². The zero-order valence-corrected chi connectivity index (χ0v) is 14.3. The number of para-hydroxylation sites is 1. The lowest BCUT2D eigenvalue weighted by Crippen LogP contribution is -2.41. The molecule has 3 N–H and O–H groups in total. The molecule has 124 valence electrons. The predicted octanol–water partition coefficient (Wildman–Crippen LogP) is 3.10. The van der Waals surface area contributed by atoms with E-state index in [0.717, 1.165) is 5.52 Å². The van der Waals surface area contributed by atoms with E-state index in [1.807, 2.05) is 17.0 Å². The van der Waals surface area contributed by atoms with E-state index in [0.29, 0.717) is 10.9 Å². The number of hydrogen-bond acceptors (Lipinski definition) is 3. The number of hydrazine groups is 1. The number of fused-ring (bicyclic) bond motifs is 1. The van der Waals surface area contributed by atoms with Crippen molar-refractivity contribution in [3.63, 3.8) is 0 Å². The van der Waals surface area contributed by atoms with E-state index >= 15 is 0 Å². The Bertz CT molecular complexity index is 1030. The van der Waals surface area contributed by atoms with Crippen LogP contribution in [0.4, 0.5) is 0 Å². The van der Waals surface area contributed by atoms with Crippen LogP contribution in [0.5, 0.6) is 0 Å². The quantitative estimate of drug-likeness (QED) is 0.604. The van der Waals surface area contributed by atoms with E-state index in [1.54, 1.807) is 12.1 Å². The molecule has 2 aromatic carbocycles. The number of amides is 1. The minimum Gasteiger partial charge on any atom is -0.360 e. The molecule has 1 heterocycles. The van der Waals surface area contributed by atoms with Gasteiger partial charge in [0.1, 0.15) is 4.90 Å². The van der Waals surface area contributed by atoms with E-state index in [-0.39, 0.29) is 14.9 Å². The van der Waals surface area contributed by atoms with Crippen molar-refractivity contribution in [1.82, 2.24) is 15.2 Å². The first-order valence-corrected chi connectivity index (χ1v) is 8.96. The standard InChI is InChI=1S/C15H11Cl2N3O3S/c16-9-5-6-12(17)14(7-9)24(22,23)20-19-15(21)11-8-18-13-4-2-1-3-10(11)13/h1-8,18,20H,(H,19,21). The molecule has 0 aliphatic heterocycles. The fourth-order valence-corrected chi connectivity index (χ4v) is 3.78. The van der Waals surface area contributed by atoms with Crippen LogP contribution in [-0.2, 0) is 10.0 Å². The maximum atomic E-state index is 12.3. The maximum absolute atomic E-state index is 12.3. The van der Waals surface area contributed by atoms with Gasteiger partial charge in [-0.3, -0.25) is 10.2 Å². The van der Waals surface area contributed by atoms with Crippen LogP contribution < -0.4 is 10.3 Å². The molecule has 0 saturated carbocycles. The summed E-state index contributed by atoms with van der Waals surface area (Å²) in [6.45, 7) is 0. The van der Waals surface area contributed by atoms with E-state index < -0.39 is 15.9 Å². The van der Waals surface area contributed by atoms with Gasteiger partial charge in [0.15, 0.2) is 0 Å². The van der Waals surface area contributed by atoms with Crippen molar-refractivity contribution in [2.45, 2.75) is 4.90 Å². The Kier molecular flexibility index (Phi) is 4.51. The average molecular weight is 384 g/mol. The van der Waals surface area contributed by atoms with Gasteiger partial charge >= 0.3 is 0 Å². The van der Waals surface area contributed by atoms with Gasteiger partial charge in [-0.25, -0.2) is 8.42 Å². The smallest absolute Gasteiger partial charge is 0.268 e. The lowest BCUT2D eigenvalue weighted by Gasteiger charge is -2.09. The second kappa shape index (κ2) is 6.45. The third kappa shape index (κ3) is 3.25. The van der Waals surface area contributed by atoms with Gasteiger partial charge in [0.05, 0.1) is 10.6 Å². The number of nitrogens with one attached hydrogen (secondary N) is 3. The van der Waals surface area contributed by atoms with Crippen molar-refractivity contribution >= 4 is 50.0 Å². The molecule has 9 heteroatoms. The third-order valence-electron chi connectivity index (χ3n) is 3.32. The molecule has 1 aromatic heterocycles. The first kappa shape index (κ1) is 16.8. The van der Waals surface area contributed by atoms with E-state index in [1.165, 1.54) is 24.4 Å². The van der Waals surface area contributed by atoms with Gasteiger partial charge in [0.2, 0.25) is 0 Å². The Morgan fingerprint density at radius 1 is 1.08 bits per heavy atom. The second-order valence-electron chi connectivity index (χ2n) is 4.88. The van der Waals surface area contributed by atoms with Crippen molar-refractivity contribution in [3.05, 3.63) is 64.3 Å². The number of carbonyl (C=O) groups is 1. The van der Waals surface area contributed by atoms with E-state index in [2.05, 4.69) is 10.4 Å². The first-order chi connectivity index (χ1) is 11.4. The lowest BCUT2D eigenvalue weighted by atomic mass is 10.2. The van der Waals surface area contributed by atoms with Crippen LogP contribution in [-0.4, -0.2) is 19.3 Å². The first-order valence-electron chi connectivity index (χ1n) is 6.72. The summed E-state index contributed by atoms with van der Waals surface area (Å²) in [5, 5.41) is 0.881. The Morgan fingerprint density at radius 2 is 1.83 bits per heavy atom. The highest BCUT2D eigenvalue weighted by atomic mass is 35.5. The number of hydrogen-bond donors (Lipinski definition) is 3. The molecule has 3 rings (SSSR count). The Balaban J connectivity index is 1.82. The fraction of sp³-hybridized carbons (Fsp3) is 0. The number of benzene rings is 2. The summed E-state index contributed by atoms with van der Waals surface area (Å²) in [6.07, 6.45) is 1.50. The molecule has 3 aromatic rings. The molecule has 24 heavy (non-hydrogen) atoms. The number of aromatic amines is 1. The van der Waals surface area contributed by atoms with Crippen molar-refractivity contribution in [1.29, 1.82) is 0 Å². The molecule has 0 bridgehead atoms. The second-order valence-corrected chi connectivity index (χ2v) is 7.38. The highest BCUT2D eigenvalue weighted by Gasteiger charge is 2.20. The molecule has 0 atom stereocenters. The van der Waals surface area contributed by atoms with Crippen molar-refractivity contribution in [2.75, 3.05) is 0 Å². The molecule has 0 fully saturated rings. The number of aromatic nitrogens is 1. The molecular weight excluding hydrogens is 373 g/mol. The number of carbonyl (C=O) groups excluding carboxylic acids is 1. The summed E-state index contributed by atoms with van der Waals surface area (Å²) in [6, 6.07) is 11.2. The van der Waals surface area contributed by atoms with Crippen molar-refractivity contribution in [2.24, 2.45) is 0 Å². The fourth-order valence-electron chi connectivity index (χ4n) is 2.18. The number of halogens is 2. The molecule has 1 amide bonds. The SMILES string of the molecule is O=C(NNS(=O)(=O)c1cc(Cl)ccc1Cl)c1c[nH]c2ccccc12. The Labute approximate surface area is 147 Å². The van der Waals surface area contributed by atoms with Crippen LogP contribution >= 0.6 is 23.2 Å². The predicted molar refractivity (Wildman–Crippen MR) is 92.5 cm³/mol. The van der Waals surface area contributed by atoms with Gasteiger partial charge in [-0.2, -0.15) is 0 Å². The molecule has 6 nitrogen and oxygen atoms in total. The minimum absolute atomic E-state index is 0.00626. The molecular formula is C15H11Cl2N3O3S.